The topological polar surface area (TPSA) is 39.4 Å². The highest BCUT2D eigenvalue weighted by atomic mass is 19.1. The summed E-state index contributed by atoms with van der Waals surface area (Å²) >= 11 is 0. The largest absolute Gasteiger partial charge is 0.437 e. The molecule has 2 aromatic carbocycles. The van der Waals surface area contributed by atoms with Crippen LogP contribution in [0.5, 0.6) is 11.6 Å². The zero-order valence-corrected chi connectivity index (χ0v) is 12.1. The lowest BCUT2D eigenvalue weighted by molar-refractivity contribution is 0.423. The fourth-order valence-electron chi connectivity index (χ4n) is 2.41. The van der Waals surface area contributed by atoms with E-state index in [4.69, 9.17) is 4.74 Å². The van der Waals surface area contributed by atoms with Crippen LogP contribution in [0.2, 0.25) is 0 Å². The summed E-state index contributed by atoms with van der Waals surface area (Å²) in [5.74, 6) is 0.843. The Kier molecular flexibility index (Phi) is 3.24. The smallest absolute Gasteiger partial charge is 0.207 e. The molecule has 0 fully saturated rings. The van der Waals surface area contributed by atoms with Gasteiger partial charge in [0.2, 0.25) is 5.88 Å². The molecule has 0 N–H and O–H groups in total. The van der Waals surface area contributed by atoms with Crippen molar-refractivity contribution in [2.45, 2.75) is 0 Å². The van der Waals surface area contributed by atoms with Gasteiger partial charge in [0.1, 0.15) is 0 Å². The number of benzene rings is 2. The summed E-state index contributed by atoms with van der Waals surface area (Å²) in [5, 5.41) is 8.39. The van der Waals surface area contributed by atoms with Crippen LogP contribution in [0.1, 0.15) is 0 Å². The summed E-state index contributed by atoms with van der Waals surface area (Å²) in [6.07, 6.45) is 0. The molecule has 0 aliphatic rings. The van der Waals surface area contributed by atoms with Gasteiger partial charge in [0.25, 0.3) is 0 Å². The number of para-hydroxylation sites is 1. The van der Waals surface area contributed by atoms with Gasteiger partial charge in [0, 0.05) is 5.56 Å². The number of nitrogens with zero attached hydrogens (tertiary/aromatic N) is 3. The SMILES string of the molecule is Fc1ccccc1Oc1cccc2nnc(-c3ccccc3)n12. The van der Waals surface area contributed by atoms with E-state index < -0.39 is 5.82 Å². The molecule has 2 heterocycles. The quantitative estimate of drug-likeness (QED) is 0.565. The first-order valence-corrected chi connectivity index (χ1v) is 7.15. The van der Waals surface area contributed by atoms with E-state index in [1.165, 1.54) is 6.07 Å². The molecule has 5 heteroatoms. The lowest BCUT2D eigenvalue weighted by Crippen LogP contribution is -1.97. The van der Waals surface area contributed by atoms with Gasteiger partial charge in [-0.3, -0.25) is 0 Å². The molecule has 0 unspecified atom stereocenters. The van der Waals surface area contributed by atoms with Gasteiger partial charge in [-0.25, -0.2) is 8.79 Å². The summed E-state index contributed by atoms with van der Waals surface area (Å²) in [6, 6.07) is 21.3. The highest BCUT2D eigenvalue weighted by Crippen LogP contribution is 2.28. The normalized spacial score (nSPS) is 10.8. The van der Waals surface area contributed by atoms with Gasteiger partial charge in [0.05, 0.1) is 0 Å². The molecule has 0 atom stereocenters. The van der Waals surface area contributed by atoms with Crippen LogP contribution in [0.15, 0.2) is 72.8 Å². The number of pyridine rings is 1. The molecule has 0 bridgehead atoms. The summed E-state index contributed by atoms with van der Waals surface area (Å²) < 4.78 is 21.4. The number of fused-ring (bicyclic) bond motifs is 1. The fourth-order valence-corrected chi connectivity index (χ4v) is 2.41. The molecule has 2 aromatic heterocycles. The molecular weight excluding hydrogens is 293 g/mol. The molecule has 23 heavy (non-hydrogen) atoms. The zero-order valence-electron chi connectivity index (χ0n) is 12.1. The van der Waals surface area contributed by atoms with E-state index in [2.05, 4.69) is 10.2 Å². The standard InChI is InChI=1S/C18H12FN3O/c19-14-9-4-5-10-15(14)23-17-12-6-11-16-20-21-18(22(16)17)13-7-2-1-3-8-13/h1-12H. The average Bonchev–Trinajstić information content (AvgIpc) is 3.03. The van der Waals surface area contributed by atoms with Crippen LogP contribution >= 0.6 is 0 Å². The second-order valence-electron chi connectivity index (χ2n) is 4.98. The van der Waals surface area contributed by atoms with E-state index in [9.17, 15) is 4.39 Å². The van der Waals surface area contributed by atoms with Crippen LogP contribution in [-0.4, -0.2) is 14.6 Å². The van der Waals surface area contributed by atoms with Gasteiger partial charge in [-0.15, -0.1) is 10.2 Å². The van der Waals surface area contributed by atoms with Crippen molar-refractivity contribution in [2.75, 3.05) is 0 Å². The maximum Gasteiger partial charge on any atom is 0.207 e. The Labute approximate surface area is 131 Å². The molecule has 0 amide bonds. The third-order valence-corrected chi connectivity index (χ3v) is 3.48. The van der Waals surface area contributed by atoms with Gasteiger partial charge in [-0.2, -0.15) is 0 Å². The molecule has 112 valence electrons. The maximum absolute atomic E-state index is 13.9. The predicted molar refractivity (Wildman–Crippen MR) is 84.9 cm³/mol. The van der Waals surface area contributed by atoms with Crippen molar-refractivity contribution in [3.05, 3.63) is 78.6 Å². The van der Waals surface area contributed by atoms with E-state index in [1.807, 2.05) is 36.4 Å². The minimum atomic E-state index is -0.418. The predicted octanol–water partition coefficient (Wildman–Crippen LogP) is 4.33. The van der Waals surface area contributed by atoms with E-state index >= 15 is 0 Å². The Balaban J connectivity index is 1.87. The van der Waals surface area contributed by atoms with E-state index in [0.29, 0.717) is 17.4 Å². The first kappa shape index (κ1) is 13.5. The highest BCUT2D eigenvalue weighted by Gasteiger charge is 2.13. The molecule has 0 radical (unpaired) electrons. The van der Waals surface area contributed by atoms with Gasteiger partial charge in [-0.1, -0.05) is 48.5 Å². The maximum atomic E-state index is 13.9. The number of aromatic nitrogens is 3. The molecular formula is C18H12FN3O. The Morgan fingerprint density at radius 2 is 1.57 bits per heavy atom. The van der Waals surface area contributed by atoms with Crippen molar-refractivity contribution in [2.24, 2.45) is 0 Å². The summed E-state index contributed by atoms with van der Waals surface area (Å²) in [6.45, 7) is 0. The average molecular weight is 305 g/mol. The molecule has 4 nitrogen and oxygen atoms in total. The Morgan fingerprint density at radius 3 is 2.39 bits per heavy atom. The number of rotatable bonds is 3. The second-order valence-corrected chi connectivity index (χ2v) is 4.98. The van der Waals surface area contributed by atoms with E-state index in [-0.39, 0.29) is 5.75 Å². The lowest BCUT2D eigenvalue weighted by atomic mass is 10.2. The van der Waals surface area contributed by atoms with E-state index in [0.717, 1.165) is 5.56 Å². The van der Waals surface area contributed by atoms with E-state index in [1.54, 1.807) is 34.7 Å². The van der Waals surface area contributed by atoms with Crippen molar-refractivity contribution in [1.29, 1.82) is 0 Å². The molecule has 4 aromatic rings. The lowest BCUT2D eigenvalue weighted by Gasteiger charge is -2.10. The molecule has 4 rings (SSSR count). The Bertz CT molecular complexity index is 966. The highest BCUT2D eigenvalue weighted by molar-refractivity contribution is 5.61. The van der Waals surface area contributed by atoms with Crippen molar-refractivity contribution < 1.29 is 9.13 Å². The molecule has 0 saturated heterocycles. The first-order valence-electron chi connectivity index (χ1n) is 7.15. The second kappa shape index (κ2) is 5.53. The van der Waals surface area contributed by atoms with Crippen LogP contribution in [-0.2, 0) is 0 Å². The van der Waals surface area contributed by atoms with Crippen LogP contribution in [0, 0.1) is 5.82 Å². The zero-order chi connectivity index (χ0) is 15.6. The van der Waals surface area contributed by atoms with Crippen LogP contribution < -0.4 is 4.74 Å². The first-order chi connectivity index (χ1) is 11.3. The minimum absolute atomic E-state index is 0.160. The molecule has 0 aliphatic heterocycles. The van der Waals surface area contributed by atoms with Gasteiger partial charge in [-0.05, 0) is 24.3 Å². The number of hydrogen-bond donors (Lipinski definition) is 0. The molecule has 0 saturated carbocycles. The number of ether oxygens (including phenoxy) is 1. The number of hydrogen-bond acceptors (Lipinski definition) is 3. The summed E-state index contributed by atoms with van der Waals surface area (Å²) in [4.78, 5) is 0. The van der Waals surface area contributed by atoms with Crippen LogP contribution in [0.3, 0.4) is 0 Å². The fraction of sp³-hybridized carbons (Fsp3) is 0. The molecule has 0 spiro atoms. The Morgan fingerprint density at radius 1 is 0.783 bits per heavy atom. The van der Waals surface area contributed by atoms with Crippen molar-refractivity contribution in [3.8, 4) is 23.0 Å². The van der Waals surface area contributed by atoms with Gasteiger partial charge in [0.15, 0.2) is 23.0 Å². The summed E-state index contributed by atoms with van der Waals surface area (Å²) in [7, 11) is 0. The van der Waals surface area contributed by atoms with Crippen molar-refractivity contribution in [1.82, 2.24) is 14.6 Å². The van der Waals surface area contributed by atoms with Crippen LogP contribution in [0.25, 0.3) is 17.0 Å². The number of halogens is 1. The summed E-state index contributed by atoms with van der Waals surface area (Å²) in [5.41, 5.74) is 1.54. The van der Waals surface area contributed by atoms with Gasteiger partial charge >= 0.3 is 0 Å². The third-order valence-electron chi connectivity index (χ3n) is 3.48. The van der Waals surface area contributed by atoms with Crippen LogP contribution in [0.4, 0.5) is 4.39 Å². The Hall–Kier alpha value is -3.21. The van der Waals surface area contributed by atoms with Gasteiger partial charge < -0.3 is 4.74 Å². The third kappa shape index (κ3) is 2.42. The molecule has 0 aliphatic carbocycles. The van der Waals surface area contributed by atoms with Crippen molar-refractivity contribution >= 4 is 5.65 Å². The monoisotopic (exact) mass is 305 g/mol. The minimum Gasteiger partial charge on any atom is -0.437 e. The van der Waals surface area contributed by atoms with Crippen molar-refractivity contribution in [3.63, 3.8) is 0 Å².